The number of hydrogen-bond acceptors (Lipinski definition) is 3. The van der Waals surface area contributed by atoms with E-state index in [1.807, 2.05) is 0 Å². The van der Waals surface area contributed by atoms with Gasteiger partial charge in [0.25, 0.3) is 0 Å². The fourth-order valence-electron chi connectivity index (χ4n) is 1.41. The molecule has 1 amide bonds. The highest BCUT2D eigenvalue weighted by molar-refractivity contribution is 8.07. The summed E-state index contributed by atoms with van der Waals surface area (Å²) < 4.78 is 25.8. The van der Waals surface area contributed by atoms with E-state index in [0.29, 0.717) is 11.4 Å². The number of hydrogen-bond donors (Lipinski definition) is 2. The van der Waals surface area contributed by atoms with E-state index >= 15 is 0 Å². The largest absolute Gasteiger partial charge is 0.361 e. The zero-order valence-electron chi connectivity index (χ0n) is 9.91. The van der Waals surface area contributed by atoms with Crippen LogP contribution in [0.2, 0.25) is 0 Å². The molecule has 0 atom stereocenters. The summed E-state index contributed by atoms with van der Waals surface area (Å²) in [5, 5.41) is 1.22. The van der Waals surface area contributed by atoms with E-state index in [0.717, 1.165) is 0 Å². The van der Waals surface area contributed by atoms with Crippen LogP contribution in [0.4, 0.5) is 16.2 Å². The molecule has 0 aliphatic carbocycles. The maximum absolute atomic E-state index is 11.8. The topological polar surface area (TPSA) is 75.3 Å². The molecule has 2 rings (SSSR count). The molecule has 0 spiro atoms. The van der Waals surface area contributed by atoms with Crippen LogP contribution in [0.1, 0.15) is 0 Å². The number of sulfonamides is 1. The highest BCUT2D eigenvalue weighted by Gasteiger charge is 2.21. The van der Waals surface area contributed by atoms with Gasteiger partial charge in [-0.15, -0.1) is 0 Å². The maximum Gasteiger partial charge on any atom is 0.361 e. The normalized spacial score (nSPS) is 10.7. The van der Waals surface area contributed by atoms with Crippen LogP contribution in [0.3, 0.4) is 0 Å². The molecule has 0 radical (unpaired) electrons. The Bertz CT molecular complexity index is 655. The standard InChI is InChI=1S/C13H12N2O3S/c16-13(14-11-7-3-1-4-8-11)19(17,18)15-12-9-5-2-6-10-12/h1-10,15H,(H,14,16). The first-order valence-corrected chi connectivity index (χ1v) is 7.00. The van der Waals surface area contributed by atoms with Crippen molar-refractivity contribution in [1.29, 1.82) is 0 Å². The van der Waals surface area contributed by atoms with Crippen LogP contribution in [-0.2, 0) is 10.0 Å². The quantitative estimate of drug-likeness (QED) is 0.905. The second kappa shape index (κ2) is 5.53. The number of rotatable bonds is 3. The summed E-state index contributed by atoms with van der Waals surface area (Å²) in [6.45, 7) is 0. The Labute approximate surface area is 111 Å². The first-order valence-electron chi connectivity index (χ1n) is 5.52. The monoisotopic (exact) mass is 276 g/mol. The molecule has 19 heavy (non-hydrogen) atoms. The minimum Gasteiger partial charge on any atom is -0.311 e. The van der Waals surface area contributed by atoms with Crippen molar-refractivity contribution in [3.8, 4) is 0 Å². The highest BCUT2D eigenvalue weighted by atomic mass is 32.2. The number of anilines is 2. The molecular weight excluding hydrogens is 264 g/mol. The van der Waals surface area contributed by atoms with Crippen molar-refractivity contribution in [3.63, 3.8) is 0 Å². The second-order valence-corrected chi connectivity index (χ2v) is 5.33. The van der Waals surface area contributed by atoms with Gasteiger partial charge in [-0.1, -0.05) is 36.4 Å². The summed E-state index contributed by atoms with van der Waals surface area (Å²) >= 11 is 0. The fourth-order valence-corrected chi connectivity index (χ4v) is 2.21. The SMILES string of the molecule is O=C(Nc1ccccc1)S(=O)(=O)Nc1ccccc1. The van der Waals surface area contributed by atoms with Gasteiger partial charge in [0.2, 0.25) is 0 Å². The Morgan fingerprint density at radius 1 is 0.789 bits per heavy atom. The smallest absolute Gasteiger partial charge is 0.311 e. The van der Waals surface area contributed by atoms with Crippen molar-refractivity contribution in [2.24, 2.45) is 0 Å². The molecule has 2 N–H and O–H groups in total. The van der Waals surface area contributed by atoms with Crippen molar-refractivity contribution >= 4 is 26.6 Å². The van der Waals surface area contributed by atoms with Gasteiger partial charge in [-0.3, -0.25) is 9.52 Å². The Kier molecular flexibility index (Phi) is 3.82. The van der Waals surface area contributed by atoms with Gasteiger partial charge < -0.3 is 5.32 Å². The molecule has 0 unspecified atom stereocenters. The third-order valence-electron chi connectivity index (χ3n) is 2.29. The summed E-state index contributed by atoms with van der Waals surface area (Å²) in [5.41, 5.74) is 0.761. The molecule has 0 aliphatic heterocycles. The minimum absolute atomic E-state index is 0.339. The van der Waals surface area contributed by atoms with E-state index in [1.54, 1.807) is 60.7 Å². The maximum atomic E-state index is 11.8. The number of nitrogens with one attached hydrogen (secondary N) is 2. The molecule has 0 aromatic heterocycles. The third kappa shape index (κ3) is 3.56. The van der Waals surface area contributed by atoms with Gasteiger partial charge in [-0.05, 0) is 24.3 Å². The predicted molar refractivity (Wildman–Crippen MR) is 74.4 cm³/mol. The van der Waals surface area contributed by atoms with Crippen LogP contribution >= 0.6 is 0 Å². The van der Waals surface area contributed by atoms with Crippen LogP contribution in [0.15, 0.2) is 60.7 Å². The van der Waals surface area contributed by atoms with E-state index in [1.165, 1.54) is 0 Å². The molecule has 5 nitrogen and oxygen atoms in total. The molecule has 0 saturated carbocycles. The molecule has 0 aliphatic rings. The van der Waals surface area contributed by atoms with Crippen molar-refractivity contribution in [2.45, 2.75) is 0 Å². The Morgan fingerprint density at radius 2 is 1.26 bits per heavy atom. The number of benzene rings is 2. The number of para-hydroxylation sites is 2. The lowest BCUT2D eigenvalue weighted by Crippen LogP contribution is -2.27. The number of carbonyl (C=O) groups is 1. The fraction of sp³-hybridized carbons (Fsp3) is 0. The molecule has 0 saturated heterocycles. The van der Waals surface area contributed by atoms with Gasteiger partial charge in [0, 0.05) is 11.4 Å². The van der Waals surface area contributed by atoms with Gasteiger partial charge in [-0.2, -0.15) is 8.42 Å². The molecule has 0 fully saturated rings. The van der Waals surface area contributed by atoms with Crippen LogP contribution in [-0.4, -0.2) is 13.7 Å². The van der Waals surface area contributed by atoms with E-state index in [9.17, 15) is 13.2 Å². The summed E-state index contributed by atoms with van der Waals surface area (Å²) in [5.74, 6) is 0. The number of carbonyl (C=O) groups excluding carboxylic acids is 1. The van der Waals surface area contributed by atoms with Crippen LogP contribution < -0.4 is 10.0 Å². The first-order chi connectivity index (χ1) is 9.08. The average Bonchev–Trinajstić information content (AvgIpc) is 2.40. The second-order valence-electron chi connectivity index (χ2n) is 3.75. The first kappa shape index (κ1) is 13.1. The Morgan fingerprint density at radius 3 is 1.79 bits per heavy atom. The van der Waals surface area contributed by atoms with E-state index in [-0.39, 0.29) is 0 Å². The average molecular weight is 276 g/mol. The van der Waals surface area contributed by atoms with Crippen molar-refractivity contribution in [3.05, 3.63) is 60.7 Å². The lowest BCUT2D eigenvalue weighted by atomic mass is 10.3. The highest BCUT2D eigenvalue weighted by Crippen LogP contribution is 2.11. The van der Waals surface area contributed by atoms with Gasteiger partial charge >= 0.3 is 15.3 Å². The molecule has 98 valence electrons. The molecule has 0 heterocycles. The van der Waals surface area contributed by atoms with Crippen molar-refractivity contribution in [2.75, 3.05) is 10.0 Å². The summed E-state index contributed by atoms with van der Waals surface area (Å²) in [7, 11) is -4.11. The summed E-state index contributed by atoms with van der Waals surface area (Å²) in [6.07, 6.45) is 0. The lowest BCUT2D eigenvalue weighted by molar-refractivity contribution is 0.268. The van der Waals surface area contributed by atoms with E-state index < -0.39 is 15.3 Å². The molecule has 6 heteroatoms. The number of amides is 1. The van der Waals surface area contributed by atoms with Crippen LogP contribution in [0.25, 0.3) is 0 Å². The van der Waals surface area contributed by atoms with E-state index in [4.69, 9.17) is 0 Å². The van der Waals surface area contributed by atoms with Crippen molar-refractivity contribution < 1.29 is 13.2 Å². The predicted octanol–water partition coefficient (Wildman–Crippen LogP) is 2.66. The van der Waals surface area contributed by atoms with Crippen molar-refractivity contribution in [1.82, 2.24) is 0 Å². The van der Waals surface area contributed by atoms with Crippen LogP contribution in [0.5, 0.6) is 0 Å². The lowest BCUT2D eigenvalue weighted by Gasteiger charge is -2.08. The Balaban J connectivity index is 2.10. The minimum atomic E-state index is -4.11. The molecule has 2 aromatic carbocycles. The van der Waals surface area contributed by atoms with E-state index in [2.05, 4.69) is 10.0 Å². The third-order valence-corrected chi connectivity index (χ3v) is 3.38. The van der Waals surface area contributed by atoms with Gasteiger partial charge in [0.15, 0.2) is 0 Å². The molecular formula is C13H12N2O3S. The van der Waals surface area contributed by atoms with Gasteiger partial charge in [0.05, 0.1) is 0 Å². The summed E-state index contributed by atoms with van der Waals surface area (Å²) in [6, 6.07) is 16.6. The Hall–Kier alpha value is -2.34. The van der Waals surface area contributed by atoms with Crippen LogP contribution in [0, 0.1) is 0 Å². The van der Waals surface area contributed by atoms with Gasteiger partial charge in [0.1, 0.15) is 0 Å². The zero-order valence-corrected chi connectivity index (χ0v) is 10.7. The summed E-state index contributed by atoms with van der Waals surface area (Å²) in [4.78, 5) is 11.7. The molecule has 0 bridgehead atoms. The van der Waals surface area contributed by atoms with Gasteiger partial charge in [-0.25, -0.2) is 0 Å². The molecule has 2 aromatic rings. The zero-order chi connectivity index (χ0) is 13.7.